The van der Waals surface area contributed by atoms with Gasteiger partial charge in [0, 0.05) is 23.9 Å². The number of aromatic nitrogens is 2. The Balaban J connectivity index is 1.61. The molecule has 3 nitrogen and oxygen atoms in total. The molecule has 1 aromatic heterocycles. The third-order valence-electron chi connectivity index (χ3n) is 3.24. The van der Waals surface area contributed by atoms with E-state index in [0.29, 0.717) is 23.0 Å². The second kappa shape index (κ2) is 7.32. The van der Waals surface area contributed by atoms with Crippen molar-refractivity contribution in [2.24, 2.45) is 0 Å². The van der Waals surface area contributed by atoms with Crippen molar-refractivity contribution in [3.63, 3.8) is 0 Å². The Kier molecular flexibility index (Phi) is 4.97. The number of nitrogens with one attached hydrogen (secondary N) is 1. The van der Waals surface area contributed by atoms with E-state index in [1.165, 1.54) is 0 Å². The molecule has 3 rings (SSSR count). The van der Waals surface area contributed by atoms with Gasteiger partial charge in [0.25, 0.3) is 0 Å². The van der Waals surface area contributed by atoms with E-state index in [9.17, 15) is 0 Å². The maximum absolute atomic E-state index is 5.96. The van der Waals surface area contributed by atoms with Crippen LogP contribution in [0.25, 0.3) is 10.9 Å². The van der Waals surface area contributed by atoms with Crippen molar-refractivity contribution in [3.8, 4) is 11.8 Å². The highest BCUT2D eigenvalue weighted by atomic mass is 35.5. The van der Waals surface area contributed by atoms with Crippen LogP contribution in [0.5, 0.6) is 0 Å². The fraction of sp³-hybridized carbons (Fsp3) is 0.111. The molecule has 0 spiro atoms. The van der Waals surface area contributed by atoms with Crippen molar-refractivity contribution in [1.82, 2.24) is 9.97 Å². The van der Waals surface area contributed by atoms with Gasteiger partial charge in [-0.15, -0.1) is 0 Å². The number of rotatable bonds is 3. The highest BCUT2D eigenvalue weighted by Gasteiger charge is 2.01. The number of hydrogen-bond acceptors (Lipinski definition) is 3. The minimum atomic E-state index is 0.518. The highest BCUT2D eigenvalue weighted by Crippen LogP contribution is 2.22. The van der Waals surface area contributed by atoms with E-state index in [4.69, 9.17) is 23.2 Å². The first-order chi connectivity index (χ1) is 11.2. The summed E-state index contributed by atoms with van der Waals surface area (Å²) in [5.41, 5.74) is 1.78. The first kappa shape index (κ1) is 15.6. The normalized spacial score (nSPS) is 10.2. The third-order valence-corrected chi connectivity index (χ3v) is 3.98. The van der Waals surface area contributed by atoms with Crippen LogP contribution in [0.4, 0.5) is 5.82 Å². The molecule has 0 saturated carbocycles. The minimum absolute atomic E-state index is 0.518. The molecule has 0 aliphatic heterocycles. The SMILES string of the molecule is Clc1ccc(C#CCCNc2ncnc3ccccc23)cc1Cl. The molecule has 0 aliphatic carbocycles. The fourth-order valence-corrected chi connectivity index (χ4v) is 2.43. The van der Waals surface area contributed by atoms with Gasteiger partial charge < -0.3 is 5.32 Å². The van der Waals surface area contributed by atoms with Gasteiger partial charge in [-0.3, -0.25) is 0 Å². The molecular weight excluding hydrogens is 329 g/mol. The molecule has 0 radical (unpaired) electrons. The van der Waals surface area contributed by atoms with Gasteiger partial charge in [-0.1, -0.05) is 47.2 Å². The van der Waals surface area contributed by atoms with E-state index < -0.39 is 0 Å². The first-order valence-corrected chi connectivity index (χ1v) is 7.87. The predicted octanol–water partition coefficient (Wildman–Crippen LogP) is 4.79. The molecule has 5 heteroatoms. The van der Waals surface area contributed by atoms with E-state index in [2.05, 4.69) is 27.1 Å². The lowest BCUT2D eigenvalue weighted by molar-refractivity contribution is 1.07. The van der Waals surface area contributed by atoms with Crippen molar-refractivity contribution >= 4 is 39.9 Å². The van der Waals surface area contributed by atoms with Crippen LogP contribution < -0.4 is 5.32 Å². The van der Waals surface area contributed by atoms with Crippen LogP contribution in [0.3, 0.4) is 0 Å². The average Bonchev–Trinajstić information content (AvgIpc) is 2.58. The van der Waals surface area contributed by atoms with Crippen LogP contribution in [0.1, 0.15) is 12.0 Å². The molecule has 0 saturated heterocycles. The molecule has 23 heavy (non-hydrogen) atoms. The molecule has 3 aromatic rings. The van der Waals surface area contributed by atoms with Gasteiger partial charge in [0.15, 0.2) is 0 Å². The summed E-state index contributed by atoms with van der Waals surface area (Å²) in [6.45, 7) is 0.704. The van der Waals surface area contributed by atoms with Crippen LogP contribution in [-0.2, 0) is 0 Å². The highest BCUT2D eigenvalue weighted by molar-refractivity contribution is 6.42. The summed E-state index contributed by atoms with van der Waals surface area (Å²) < 4.78 is 0. The average molecular weight is 342 g/mol. The number of fused-ring (bicyclic) bond motifs is 1. The zero-order valence-electron chi connectivity index (χ0n) is 12.2. The fourth-order valence-electron chi connectivity index (χ4n) is 2.13. The molecule has 0 atom stereocenters. The molecule has 114 valence electrons. The zero-order valence-corrected chi connectivity index (χ0v) is 13.7. The first-order valence-electron chi connectivity index (χ1n) is 7.11. The Bertz CT molecular complexity index is 892. The summed E-state index contributed by atoms with van der Waals surface area (Å²) in [5, 5.41) is 5.35. The van der Waals surface area contributed by atoms with E-state index in [1.54, 1.807) is 18.5 Å². The lowest BCUT2D eigenvalue weighted by Gasteiger charge is -2.05. The summed E-state index contributed by atoms with van der Waals surface area (Å²) in [6.07, 6.45) is 2.25. The van der Waals surface area contributed by atoms with Crippen molar-refractivity contribution in [1.29, 1.82) is 0 Å². The molecule has 1 heterocycles. The third kappa shape index (κ3) is 3.92. The van der Waals surface area contributed by atoms with Gasteiger partial charge >= 0.3 is 0 Å². The van der Waals surface area contributed by atoms with Crippen molar-refractivity contribution in [2.75, 3.05) is 11.9 Å². The topological polar surface area (TPSA) is 37.8 Å². The summed E-state index contributed by atoms with van der Waals surface area (Å²) in [4.78, 5) is 8.52. The Morgan fingerprint density at radius 2 is 1.87 bits per heavy atom. The second-order valence-corrected chi connectivity index (χ2v) is 5.66. The molecule has 0 amide bonds. The molecule has 1 N–H and O–H groups in total. The summed E-state index contributed by atoms with van der Waals surface area (Å²) >= 11 is 11.8. The van der Waals surface area contributed by atoms with E-state index in [0.717, 1.165) is 22.3 Å². The van der Waals surface area contributed by atoms with Gasteiger partial charge in [0.1, 0.15) is 12.1 Å². The molecule has 0 unspecified atom stereocenters. The van der Waals surface area contributed by atoms with Gasteiger partial charge in [0.05, 0.1) is 15.6 Å². The quantitative estimate of drug-likeness (QED) is 0.549. The van der Waals surface area contributed by atoms with Crippen LogP contribution in [0.2, 0.25) is 10.0 Å². The van der Waals surface area contributed by atoms with Crippen molar-refractivity contribution < 1.29 is 0 Å². The lowest BCUT2D eigenvalue weighted by Crippen LogP contribution is -2.03. The Hall–Kier alpha value is -2.28. The smallest absolute Gasteiger partial charge is 0.137 e. The maximum atomic E-state index is 5.96. The zero-order chi connectivity index (χ0) is 16.1. The maximum Gasteiger partial charge on any atom is 0.137 e. The number of para-hydroxylation sites is 1. The van der Waals surface area contributed by atoms with Crippen LogP contribution in [0.15, 0.2) is 48.8 Å². The van der Waals surface area contributed by atoms with E-state index in [-0.39, 0.29) is 0 Å². The van der Waals surface area contributed by atoms with Gasteiger partial charge in [-0.2, -0.15) is 0 Å². The molecule has 0 fully saturated rings. The summed E-state index contributed by atoms with van der Waals surface area (Å²) in [6, 6.07) is 13.3. The molecule has 0 bridgehead atoms. The molecule has 0 aliphatic rings. The second-order valence-electron chi connectivity index (χ2n) is 4.85. The number of halogens is 2. The molecule has 2 aromatic carbocycles. The number of anilines is 1. The van der Waals surface area contributed by atoms with Gasteiger partial charge in [-0.05, 0) is 30.3 Å². The Morgan fingerprint density at radius 1 is 1.00 bits per heavy atom. The number of hydrogen-bond donors (Lipinski definition) is 1. The number of benzene rings is 2. The van der Waals surface area contributed by atoms with Crippen LogP contribution >= 0.6 is 23.2 Å². The lowest BCUT2D eigenvalue weighted by atomic mass is 10.2. The van der Waals surface area contributed by atoms with E-state index in [1.807, 2.05) is 30.3 Å². The van der Waals surface area contributed by atoms with Crippen LogP contribution in [-0.4, -0.2) is 16.5 Å². The van der Waals surface area contributed by atoms with Gasteiger partial charge in [0.2, 0.25) is 0 Å². The number of nitrogens with zero attached hydrogens (tertiary/aromatic N) is 2. The van der Waals surface area contributed by atoms with E-state index >= 15 is 0 Å². The Morgan fingerprint density at radius 3 is 2.74 bits per heavy atom. The standard InChI is InChI=1S/C18H13Cl2N3/c19-15-9-8-13(11-16(15)20)5-3-4-10-21-18-14-6-1-2-7-17(14)22-12-23-18/h1-2,6-9,11-12H,4,10H2,(H,21,22,23). The minimum Gasteiger partial charge on any atom is -0.368 e. The van der Waals surface area contributed by atoms with Crippen LogP contribution in [0, 0.1) is 11.8 Å². The predicted molar refractivity (Wildman–Crippen MR) is 96.0 cm³/mol. The largest absolute Gasteiger partial charge is 0.368 e. The Labute approximate surface area is 144 Å². The summed E-state index contributed by atoms with van der Waals surface area (Å²) in [7, 11) is 0. The monoisotopic (exact) mass is 341 g/mol. The summed E-state index contributed by atoms with van der Waals surface area (Å²) in [5.74, 6) is 7.01. The van der Waals surface area contributed by atoms with Crippen molar-refractivity contribution in [3.05, 3.63) is 64.4 Å². The van der Waals surface area contributed by atoms with Gasteiger partial charge in [-0.25, -0.2) is 9.97 Å². The van der Waals surface area contributed by atoms with Crippen molar-refractivity contribution in [2.45, 2.75) is 6.42 Å². The molecular formula is C18H13Cl2N3.